The highest BCUT2D eigenvalue weighted by Gasteiger charge is 2.34. The Bertz CT molecular complexity index is 507. The van der Waals surface area contributed by atoms with Crippen LogP contribution in [0.15, 0.2) is 60.7 Å². The molecule has 0 bridgehead atoms. The van der Waals surface area contributed by atoms with Gasteiger partial charge in [-0.05, 0) is 25.0 Å². The van der Waals surface area contributed by atoms with Gasteiger partial charge < -0.3 is 4.74 Å². The van der Waals surface area contributed by atoms with Gasteiger partial charge in [-0.3, -0.25) is 4.90 Å². The second kappa shape index (κ2) is 6.42. The molecule has 2 nitrogen and oxygen atoms in total. The van der Waals surface area contributed by atoms with Crippen LogP contribution in [0, 0.1) is 0 Å². The maximum Gasteiger partial charge on any atom is 0.0832 e. The van der Waals surface area contributed by atoms with Crippen LogP contribution in [-0.2, 0) is 4.74 Å². The van der Waals surface area contributed by atoms with Crippen LogP contribution in [-0.4, -0.2) is 30.2 Å². The highest BCUT2D eigenvalue weighted by atomic mass is 16.5. The predicted molar refractivity (Wildman–Crippen MR) is 86.3 cm³/mol. The Balaban J connectivity index is 1.79. The lowest BCUT2D eigenvalue weighted by molar-refractivity contribution is -0.0904. The third-order valence-corrected chi connectivity index (χ3v) is 3.94. The lowest BCUT2D eigenvalue weighted by Crippen LogP contribution is -2.54. The van der Waals surface area contributed by atoms with E-state index in [9.17, 15) is 0 Å². The molecule has 0 amide bonds. The number of ether oxygens (including phenoxy) is 1. The summed E-state index contributed by atoms with van der Waals surface area (Å²) in [5.74, 6) is 0. The molecular weight excluding hydrogens is 258 g/mol. The highest BCUT2D eigenvalue weighted by Crippen LogP contribution is 2.33. The number of rotatable bonds is 5. The minimum absolute atomic E-state index is 0.309. The smallest absolute Gasteiger partial charge is 0.0832 e. The first kappa shape index (κ1) is 14.3. The minimum atomic E-state index is 0.309. The van der Waals surface area contributed by atoms with Crippen molar-refractivity contribution in [2.45, 2.75) is 32.1 Å². The molecule has 1 aliphatic rings. The normalized spacial score (nSPS) is 16.4. The van der Waals surface area contributed by atoms with Gasteiger partial charge in [0.15, 0.2) is 0 Å². The number of benzene rings is 2. The molecule has 0 aromatic heterocycles. The van der Waals surface area contributed by atoms with Crippen molar-refractivity contribution in [2.75, 3.05) is 13.1 Å². The van der Waals surface area contributed by atoms with Gasteiger partial charge in [-0.2, -0.15) is 0 Å². The molecular formula is C19H23NO. The van der Waals surface area contributed by atoms with E-state index in [-0.39, 0.29) is 0 Å². The molecule has 3 rings (SSSR count). The summed E-state index contributed by atoms with van der Waals surface area (Å²) < 4.78 is 5.90. The Morgan fingerprint density at radius 1 is 0.857 bits per heavy atom. The maximum absolute atomic E-state index is 5.90. The van der Waals surface area contributed by atoms with Crippen LogP contribution in [0.5, 0.6) is 0 Å². The fraction of sp³-hybridized carbons (Fsp3) is 0.368. The highest BCUT2D eigenvalue weighted by molar-refractivity contribution is 5.32. The van der Waals surface area contributed by atoms with Crippen LogP contribution in [0.3, 0.4) is 0 Å². The standard InChI is InChI=1S/C19H23NO/c1-15(2)21-18-13-20(14-18)19(16-9-5-3-6-10-16)17-11-7-4-8-12-17/h3-12,15,18-19H,13-14H2,1-2H3. The molecule has 0 spiro atoms. The summed E-state index contributed by atoms with van der Waals surface area (Å²) in [6, 6.07) is 21.8. The Hall–Kier alpha value is -1.64. The van der Waals surface area contributed by atoms with Gasteiger partial charge in [0.1, 0.15) is 0 Å². The third-order valence-electron chi connectivity index (χ3n) is 3.94. The van der Waals surface area contributed by atoms with Crippen LogP contribution >= 0.6 is 0 Å². The average molecular weight is 281 g/mol. The van der Waals surface area contributed by atoms with Crippen molar-refractivity contribution in [3.05, 3.63) is 71.8 Å². The lowest BCUT2D eigenvalue weighted by atomic mass is 9.94. The Morgan fingerprint density at radius 3 is 1.76 bits per heavy atom. The van der Waals surface area contributed by atoms with E-state index in [1.807, 2.05) is 0 Å². The van der Waals surface area contributed by atoms with Gasteiger partial charge in [-0.1, -0.05) is 60.7 Å². The number of nitrogens with zero attached hydrogens (tertiary/aromatic N) is 1. The van der Waals surface area contributed by atoms with E-state index >= 15 is 0 Å². The molecule has 110 valence electrons. The Labute approximate surface area is 127 Å². The molecule has 21 heavy (non-hydrogen) atoms. The van der Waals surface area contributed by atoms with Gasteiger partial charge in [0.25, 0.3) is 0 Å². The molecule has 0 saturated carbocycles. The monoisotopic (exact) mass is 281 g/mol. The van der Waals surface area contributed by atoms with Crippen molar-refractivity contribution < 1.29 is 4.74 Å². The Morgan fingerprint density at radius 2 is 1.33 bits per heavy atom. The van der Waals surface area contributed by atoms with Crippen molar-refractivity contribution in [1.29, 1.82) is 0 Å². The zero-order valence-electron chi connectivity index (χ0n) is 12.8. The predicted octanol–water partition coefficient (Wildman–Crippen LogP) is 3.89. The van der Waals surface area contributed by atoms with Crippen molar-refractivity contribution >= 4 is 0 Å². The Kier molecular flexibility index (Phi) is 4.37. The SMILES string of the molecule is CC(C)OC1CN(C(c2ccccc2)c2ccccc2)C1. The van der Waals surface area contributed by atoms with Gasteiger partial charge in [0, 0.05) is 13.1 Å². The second-order valence-electron chi connectivity index (χ2n) is 5.98. The number of likely N-dealkylation sites (tertiary alicyclic amines) is 1. The third kappa shape index (κ3) is 3.34. The molecule has 2 aromatic rings. The first-order chi connectivity index (χ1) is 10.2. The molecule has 0 N–H and O–H groups in total. The summed E-state index contributed by atoms with van der Waals surface area (Å²) in [6.45, 7) is 6.22. The summed E-state index contributed by atoms with van der Waals surface area (Å²) in [5.41, 5.74) is 2.71. The molecule has 0 radical (unpaired) electrons. The molecule has 1 aliphatic heterocycles. The largest absolute Gasteiger partial charge is 0.373 e. The van der Waals surface area contributed by atoms with E-state index in [4.69, 9.17) is 4.74 Å². The zero-order valence-corrected chi connectivity index (χ0v) is 12.8. The summed E-state index contributed by atoms with van der Waals surface area (Å²) >= 11 is 0. The van der Waals surface area contributed by atoms with E-state index in [2.05, 4.69) is 79.4 Å². The maximum atomic E-state index is 5.90. The second-order valence-corrected chi connectivity index (χ2v) is 5.98. The summed E-state index contributed by atoms with van der Waals surface area (Å²) in [5, 5.41) is 0. The number of hydrogen-bond donors (Lipinski definition) is 0. The van der Waals surface area contributed by atoms with Crippen molar-refractivity contribution in [2.24, 2.45) is 0 Å². The topological polar surface area (TPSA) is 12.5 Å². The lowest BCUT2D eigenvalue weighted by Gasteiger charge is -2.45. The van der Waals surface area contributed by atoms with Crippen LogP contribution in [0.25, 0.3) is 0 Å². The number of hydrogen-bond acceptors (Lipinski definition) is 2. The van der Waals surface area contributed by atoms with Crippen LogP contribution in [0.1, 0.15) is 31.0 Å². The quantitative estimate of drug-likeness (QED) is 0.824. The summed E-state index contributed by atoms with van der Waals surface area (Å²) in [4.78, 5) is 2.50. The summed E-state index contributed by atoms with van der Waals surface area (Å²) in [6.07, 6.45) is 0.684. The van der Waals surface area contributed by atoms with E-state index in [0.29, 0.717) is 18.2 Å². The molecule has 0 atom stereocenters. The minimum Gasteiger partial charge on any atom is -0.373 e. The van der Waals surface area contributed by atoms with Crippen molar-refractivity contribution in [3.8, 4) is 0 Å². The first-order valence-corrected chi connectivity index (χ1v) is 7.73. The first-order valence-electron chi connectivity index (χ1n) is 7.73. The molecule has 2 heteroatoms. The van der Waals surface area contributed by atoms with Crippen molar-refractivity contribution in [1.82, 2.24) is 4.90 Å². The van der Waals surface area contributed by atoms with E-state index < -0.39 is 0 Å². The van der Waals surface area contributed by atoms with E-state index in [1.165, 1.54) is 11.1 Å². The fourth-order valence-electron chi connectivity index (χ4n) is 3.04. The van der Waals surface area contributed by atoms with Crippen LogP contribution < -0.4 is 0 Å². The molecule has 1 heterocycles. The fourth-order valence-corrected chi connectivity index (χ4v) is 3.04. The van der Waals surface area contributed by atoms with Gasteiger partial charge in [-0.15, -0.1) is 0 Å². The van der Waals surface area contributed by atoms with Gasteiger partial charge in [0.2, 0.25) is 0 Å². The molecule has 1 saturated heterocycles. The van der Waals surface area contributed by atoms with Crippen LogP contribution in [0.2, 0.25) is 0 Å². The molecule has 0 aliphatic carbocycles. The molecule has 0 unspecified atom stereocenters. The molecule has 2 aromatic carbocycles. The average Bonchev–Trinajstić information content (AvgIpc) is 2.47. The van der Waals surface area contributed by atoms with Crippen molar-refractivity contribution in [3.63, 3.8) is 0 Å². The summed E-state index contributed by atoms with van der Waals surface area (Å²) in [7, 11) is 0. The van der Waals surface area contributed by atoms with E-state index in [0.717, 1.165) is 13.1 Å². The van der Waals surface area contributed by atoms with E-state index in [1.54, 1.807) is 0 Å². The van der Waals surface area contributed by atoms with Gasteiger partial charge in [0.05, 0.1) is 18.2 Å². The van der Waals surface area contributed by atoms with Gasteiger partial charge >= 0.3 is 0 Å². The van der Waals surface area contributed by atoms with Gasteiger partial charge in [-0.25, -0.2) is 0 Å². The van der Waals surface area contributed by atoms with Crippen LogP contribution in [0.4, 0.5) is 0 Å². The zero-order chi connectivity index (χ0) is 14.7. The molecule has 1 fully saturated rings.